The topological polar surface area (TPSA) is 79.2 Å². The number of aromatic hydroxyl groups is 1. The molecule has 0 fully saturated rings. The van der Waals surface area contributed by atoms with E-state index in [2.05, 4.69) is 15.6 Å². The molecule has 0 spiro atoms. The molecule has 0 atom stereocenters. The maximum atomic E-state index is 13.2. The first kappa shape index (κ1) is 21.4. The highest BCUT2D eigenvalue weighted by Crippen LogP contribution is 2.26. The van der Waals surface area contributed by atoms with Crippen LogP contribution in [0.3, 0.4) is 0 Å². The smallest absolute Gasteiger partial charge is 0.252 e. The Morgan fingerprint density at radius 2 is 1.97 bits per heavy atom. The lowest BCUT2D eigenvalue weighted by atomic mass is 10.1. The fourth-order valence-electron chi connectivity index (χ4n) is 3.20. The highest BCUT2D eigenvalue weighted by Gasteiger charge is 2.10. The van der Waals surface area contributed by atoms with Crippen molar-refractivity contribution in [3.63, 3.8) is 0 Å². The van der Waals surface area contributed by atoms with Crippen LogP contribution in [-0.2, 0) is 6.42 Å². The zero-order valence-corrected chi connectivity index (χ0v) is 17.7. The van der Waals surface area contributed by atoms with Crippen molar-refractivity contribution in [1.82, 2.24) is 14.9 Å². The number of rotatable bonds is 7. The summed E-state index contributed by atoms with van der Waals surface area (Å²) < 4.78 is 15.0. The van der Waals surface area contributed by atoms with E-state index in [1.165, 1.54) is 12.1 Å². The molecule has 2 aromatic carbocycles. The molecule has 4 aromatic rings. The van der Waals surface area contributed by atoms with Crippen LogP contribution in [0.4, 0.5) is 15.9 Å². The van der Waals surface area contributed by atoms with Gasteiger partial charge in [-0.25, -0.2) is 9.37 Å². The van der Waals surface area contributed by atoms with Crippen LogP contribution in [-0.4, -0.2) is 27.1 Å². The molecule has 2 heterocycles. The van der Waals surface area contributed by atoms with E-state index in [-0.39, 0.29) is 16.7 Å². The van der Waals surface area contributed by atoms with Gasteiger partial charge in [-0.1, -0.05) is 29.8 Å². The van der Waals surface area contributed by atoms with E-state index in [1.807, 2.05) is 12.1 Å². The van der Waals surface area contributed by atoms with Gasteiger partial charge in [0.15, 0.2) is 0 Å². The van der Waals surface area contributed by atoms with Crippen molar-refractivity contribution >= 4 is 29.0 Å². The van der Waals surface area contributed by atoms with Crippen molar-refractivity contribution in [2.75, 3.05) is 11.9 Å². The number of nitrogens with zero attached hydrogens (tertiary/aromatic N) is 2. The van der Waals surface area contributed by atoms with Crippen molar-refractivity contribution in [3.8, 4) is 11.4 Å². The van der Waals surface area contributed by atoms with Crippen LogP contribution in [0.25, 0.3) is 5.69 Å². The molecule has 4 rings (SSSR count). The van der Waals surface area contributed by atoms with Gasteiger partial charge in [0, 0.05) is 31.2 Å². The molecule has 0 aliphatic carbocycles. The van der Waals surface area contributed by atoms with Crippen LogP contribution in [0.2, 0.25) is 5.02 Å². The maximum Gasteiger partial charge on any atom is 0.252 e. The Balaban J connectivity index is 1.41. The van der Waals surface area contributed by atoms with Crippen molar-refractivity contribution in [3.05, 3.63) is 101 Å². The molecule has 1 amide bonds. The van der Waals surface area contributed by atoms with Crippen molar-refractivity contribution in [1.29, 1.82) is 0 Å². The van der Waals surface area contributed by atoms with Gasteiger partial charge in [0.2, 0.25) is 0 Å². The van der Waals surface area contributed by atoms with Crippen molar-refractivity contribution < 1.29 is 14.3 Å². The lowest BCUT2D eigenvalue weighted by Gasteiger charge is -2.10. The number of pyridine rings is 1. The first-order valence-corrected chi connectivity index (χ1v) is 10.3. The normalized spacial score (nSPS) is 10.7. The van der Waals surface area contributed by atoms with Gasteiger partial charge in [-0.15, -0.1) is 0 Å². The lowest BCUT2D eigenvalue weighted by molar-refractivity contribution is 0.0954. The fourth-order valence-corrected chi connectivity index (χ4v) is 3.42. The van der Waals surface area contributed by atoms with Gasteiger partial charge in [-0.3, -0.25) is 4.79 Å². The Morgan fingerprint density at radius 1 is 1.12 bits per heavy atom. The molecule has 8 heteroatoms. The van der Waals surface area contributed by atoms with E-state index in [0.29, 0.717) is 30.0 Å². The molecule has 0 saturated carbocycles. The largest absolute Gasteiger partial charge is 0.508 e. The molecule has 32 heavy (non-hydrogen) atoms. The summed E-state index contributed by atoms with van der Waals surface area (Å²) in [7, 11) is 0. The number of aromatic nitrogens is 2. The molecular weight excluding hydrogens is 431 g/mol. The molecular formula is C24H20ClFN4O2. The molecule has 162 valence electrons. The summed E-state index contributed by atoms with van der Waals surface area (Å²) >= 11 is 6.07. The minimum absolute atomic E-state index is 0.204. The van der Waals surface area contributed by atoms with Crippen LogP contribution in [0.15, 0.2) is 79.3 Å². The van der Waals surface area contributed by atoms with Gasteiger partial charge in [-0.05, 0) is 48.4 Å². The van der Waals surface area contributed by atoms with Gasteiger partial charge in [0.1, 0.15) is 17.4 Å². The predicted molar refractivity (Wildman–Crippen MR) is 122 cm³/mol. The Hall–Kier alpha value is -3.84. The third-order valence-corrected chi connectivity index (χ3v) is 5.17. The van der Waals surface area contributed by atoms with Crippen LogP contribution in [0.1, 0.15) is 15.9 Å². The predicted octanol–water partition coefficient (Wildman–Crippen LogP) is 5.09. The molecule has 2 aromatic heterocycles. The lowest BCUT2D eigenvalue weighted by Crippen LogP contribution is -2.25. The number of carbonyl (C=O) groups is 1. The van der Waals surface area contributed by atoms with E-state index in [0.717, 1.165) is 11.3 Å². The summed E-state index contributed by atoms with van der Waals surface area (Å²) in [6, 6.07) is 16.5. The number of phenolic OH excluding ortho intramolecular Hbond substituents is 1. The third-order valence-electron chi connectivity index (χ3n) is 4.86. The fraction of sp³-hybridized carbons (Fsp3) is 0.0833. The first-order chi connectivity index (χ1) is 15.5. The molecule has 0 radical (unpaired) electrons. The number of nitrogens with one attached hydrogen (secondary N) is 2. The van der Waals surface area contributed by atoms with Crippen LogP contribution < -0.4 is 10.6 Å². The SMILES string of the molecule is O=C(NCCc1ccccc1O)c1ccn(-c2ccnc(Nc3ccc(F)cc3Cl)c2)c1. The second-order valence-electron chi connectivity index (χ2n) is 7.09. The number of amides is 1. The minimum Gasteiger partial charge on any atom is -0.508 e. The summed E-state index contributed by atoms with van der Waals surface area (Å²) in [5, 5.41) is 16.0. The second-order valence-corrected chi connectivity index (χ2v) is 7.50. The summed E-state index contributed by atoms with van der Waals surface area (Å²) in [5.74, 6) is 0.126. The molecule has 0 saturated heterocycles. The highest BCUT2D eigenvalue weighted by atomic mass is 35.5. The summed E-state index contributed by atoms with van der Waals surface area (Å²) in [6.45, 7) is 0.406. The van der Waals surface area contributed by atoms with Gasteiger partial charge in [0.25, 0.3) is 5.91 Å². The molecule has 0 aliphatic heterocycles. The average molecular weight is 451 g/mol. The van der Waals surface area contributed by atoms with E-state index < -0.39 is 5.82 Å². The van der Waals surface area contributed by atoms with Gasteiger partial charge in [-0.2, -0.15) is 0 Å². The summed E-state index contributed by atoms with van der Waals surface area (Å²) in [5.41, 5.74) is 2.61. The monoisotopic (exact) mass is 450 g/mol. The van der Waals surface area contributed by atoms with Gasteiger partial charge in [0.05, 0.1) is 22.0 Å². The average Bonchev–Trinajstić information content (AvgIpc) is 3.28. The Morgan fingerprint density at radius 3 is 2.78 bits per heavy atom. The second kappa shape index (κ2) is 9.53. The van der Waals surface area contributed by atoms with Gasteiger partial charge < -0.3 is 20.3 Å². The zero-order valence-electron chi connectivity index (χ0n) is 16.9. The number of para-hydroxylation sites is 1. The Bertz CT molecular complexity index is 1260. The van der Waals surface area contributed by atoms with Crippen molar-refractivity contribution in [2.45, 2.75) is 6.42 Å². The van der Waals surface area contributed by atoms with Crippen molar-refractivity contribution in [2.24, 2.45) is 0 Å². The van der Waals surface area contributed by atoms with E-state index in [4.69, 9.17) is 11.6 Å². The number of halogens is 2. The molecule has 0 bridgehead atoms. The standard InChI is InChI=1S/C24H20ClFN4O2/c25-20-13-18(26)5-6-21(20)29-23-14-19(8-11-27-23)30-12-9-17(15-30)24(32)28-10-7-16-3-1-2-4-22(16)31/h1-6,8-9,11-15,31H,7,10H2,(H,27,29)(H,28,32). The van der Waals surface area contributed by atoms with E-state index >= 15 is 0 Å². The summed E-state index contributed by atoms with van der Waals surface area (Å²) in [4.78, 5) is 16.7. The number of anilines is 2. The minimum atomic E-state index is -0.416. The highest BCUT2D eigenvalue weighted by molar-refractivity contribution is 6.33. The molecule has 0 aliphatic rings. The number of hydrogen-bond acceptors (Lipinski definition) is 4. The molecule has 3 N–H and O–H groups in total. The summed E-state index contributed by atoms with van der Waals surface area (Å²) in [6.07, 6.45) is 5.66. The number of benzene rings is 2. The maximum absolute atomic E-state index is 13.2. The van der Waals surface area contributed by atoms with Crippen LogP contribution in [0, 0.1) is 5.82 Å². The Kier molecular flexibility index (Phi) is 6.37. The zero-order chi connectivity index (χ0) is 22.5. The quantitative estimate of drug-likeness (QED) is 0.366. The number of phenols is 1. The first-order valence-electron chi connectivity index (χ1n) is 9.91. The Labute approximate surface area is 189 Å². The molecule has 0 unspecified atom stereocenters. The van der Waals surface area contributed by atoms with Crippen LogP contribution in [0.5, 0.6) is 5.75 Å². The number of hydrogen-bond donors (Lipinski definition) is 3. The number of carbonyl (C=O) groups excluding carboxylic acids is 1. The van der Waals surface area contributed by atoms with Gasteiger partial charge >= 0.3 is 0 Å². The third kappa shape index (κ3) is 5.07. The van der Waals surface area contributed by atoms with Crippen LogP contribution >= 0.6 is 11.6 Å². The molecule has 6 nitrogen and oxygen atoms in total. The van der Waals surface area contributed by atoms with E-state index in [9.17, 15) is 14.3 Å². The van der Waals surface area contributed by atoms with E-state index in [1.54, 1.807) is 59.6 Å².